The smallest absolute Gasteiger partial charge is 0.258 e. The van der Waals surface area contributed by atoms with E-state index in [2.05, 4.69) is 26.1 Å². The Labute approximate surface area is 125 Å². The van der Waals surface area contributed by atoms with Crippen molar-refractivity contribution in [1.29, 1.82) is 0 Å². The second-order valence-electron chi connectivity index (χ2n) is 4.42. The first-order valence-corrected chi connectivity index (χ1v) is 7.25. The molecule has 2 rings (SSSR count). The van der Waals surface area contributed by atoms with Gasteiger partial charge >= 0.3 is 0 Å². The molecule has 0 unspecified atom stereocenters. The predicted octanol–water partition coefficient (Wildman–Crippen LogP) is 4.13. The number of nitrogens with zero attached hydrogens (tertiary/aromatic N) is 2. The van der Waals surface area contributed by atoms with Gasteiger partial charge in [-0.25, -0.2) is 0 Å². The van der Waals surface area contributed by atoms with E-state index in [0.29, 0.717) is 16.7 Å². The Morgan fingerprint density at radius 1 is 1.37 bits per heavy atom. The minimum atomic E-state index is -0.541. The maximum absolute atomic E-state index is 6.24. The summed E-state index contributed by atoms with van der Waals surface area (Å²) in [7, 11) is 0. The largest absolute Gasteiger partial charge is 0.334 e. The third-order valence-electron chi connectivity index (χ3n) is 3.30. The fourth-order valence-electron chi connectivity index (χ4n) is 1.74. The third kappa shape index (κ3) is 2.83. The maximum Gasteiger partial charge on any atom is 0.258 e. The van der Waals surface area contributed by atoms with Gasteiger partial charge in [0.05, 0.1) is 10.6 Å². The van der Waals surface area contributed by atoms with Crippen molar-refractivity contribution >= 4 is 27.5 Å². The summed E-state index contributed by atoms with van der Waals surface area (Å²) in [4.78, 5) is 4.39. The first kappa shape index (κ1) is 14.5. The summed E-state index contributed by atoms with van der Waals surface area (Å²) in [5.74, 6) is 0.965. The molecule has 0 saturated carbocycles. The van der Waals surface area contributed by atoms with Crippen LogP contribution < -0.4 is 5.73 Å². The second kappa shape index (κ2) is 5.61. The van der Waals surface area contributed by atoms with Gasteiger partial charge in [-0.1, -0.05) is 30.6 Å². The van der Waals surface area contributed by atoms with Crippen molar-refractivity contribution in [3.8, 4) is 11.5 Å². The van der Waals surface area contributed by atoms with Crippen LogP contribution >= 0.6 is 27.5 Å². The van der Waals surface area contributed by atoms with Crippen molar-refractivity contribution in [1.82, 2.24) is 10.1 Å². The molecule has 102 valence electrons. The van der Waals surface area contributed by atoms with Crippen LogP contribution in [0.5, 0.6) is 0 Å². The van der Waals surface area contributed by atoms with Crippen LogP contribution in [0.3, 0.4) is 0 Å². The van der Waals surface area contributed by atoms with Gasteiger partial charge < -0.3 is 10.3 Å². The van der Waals surface area contributed by atoms with Crippen LogP contribution in [0.1, 0.15) is 32.5 Å². The number of benzene rings is 1. The lowest BCUT2D eigenvalue weighted by atomic mass is 9.93. The zero-order valence-electron chi connectivity index (χ0n) is 10.8. The van der Waals surface area contributed by atoms with Gasteiger partial charge in [-0.3, -0.25) is 0 Å². The van der Waals surface area contributed by atoms with Crippen molar-refractivity contribution in [3.63, 3.8) is 0 Å². The van der Waals surface area contributed by atoms with Gasteiger partial charge in [0.25, 0.3) is 5.89 Å². The summed E-state index contributed by atoms with van der Waals surface area (Å²) in [6.45, 7) is 4.02. The quantitative estimate of drug-likeness (QED) is 0.906. The van der Waals surface area contributed by atoms with Crippen LogP contribution in [-0.4, -0.2) is 10.1 Å². The Bertz CT molecular complexity index is 581. The predicted molar refractivity (Wildman–Crippen MR) is 78.9 cm³/mol. The zero-order valence-corrected chi connectivity index (χ0v) is 13.1. The molecule has 0 spiro atoms. The van der Waals surface area contributed by atoms with Crippen LogP contribution in [-0.2, 0) is 5.54 Å². The molecule has 1 aromatic heterocycles. The van der Waals surface area contributed by atoms with E-state index in [1.165, 1.54) is 0 Å². The summed E-state index contributed by atoms with van der Waals surface area (Å²) in [6.07, 6.45) is 1.51. The molecule has 1 aromatic carbocycles. The standard InChI is InChI=1S/C13H15BrClN3O/c1-3-13(16,4-2)12-17-11(19-18-12)8-5-6-9(14)10(15)7-8/h5-7H,3-4,16H2,1-2H3. The molecule has 2 aromatic rings. The van der Waals surface area contributed by atoms with Gasteiger partial charge in [0, 0.05) is 10.0 Å². The van der Waals surface area contributed by atoms with Crippen LogP contribution in [0, 0.1) is 0 Å². The zero-order chi connectivity index (χ0) is 14.0. The SMILES string of the molecule is CCC(N)(CC)c1noc(-c2ccc(Br)c(Cl)c2)n1. The molecule has 1 heterocycles. The van der Waals surface area contributed by atoms with Crippen molar-refractivity contribution in [2.45, 2.75) is 32.2 Å². The molecule has 0 amide bonds. The van der Waals surface area contributed by atoms with Crippen molar-refractivity contribution in [2.24, 2.45) is 5.73 Å². The Balaban J connectivity index is 2.38. The first-order chi connectivity index (χ1) is 9.00. The molecule has 19 heavy (non-hydrogen) atoms. The van der Waals surface area contributed by atoms with Crippen LogP contribution in [0.2, 0.25) is 5.02 Å². The van der Waals surface area contributed by atoms with E-state index in [9.17, 15) is 0 Å². The molecular formula is C13H15BrClN3O. The first-order valence-electron chi connectivity index (χ1n) is 6.08. The molecule has 0 atom stereocenters. The number of halogens is 2. The average molecular weight is 345 g/mol. The highest BCUT2D eigenvalue weighted by Gasteiger charge is 2.29. The normalized spacial score (nSPS) is 11.8. The number of hydrogen-bond donors (Lipinski definition) is 1. The Morgan fingerprint density at radius 2 is 2.05 bits per heavy atom. The monoisotopic (exact) mass is 343 g/mol. The third-order valence-corrected chi connectivity index (χ3v) is 4.53. The number of nitrogens with two attached hydrogens (primary N) is 1. The molecule has 0 bridgehead atoms. The molecule has 0 aliphatic heterocycles. The molecule has 0 aliphatic carbocycles. The average Bonchev–Trinajstić information content (AvgIpc) is 2.91. The molecular weight excluding hydrogens is 330 g/mol. The lowest BCUT2D eigenvalue weighted by Crippen LogP contribution is -2.36. The lowest BCUT2D eigenvalue weighted by Gasteiger charge is -2.21. The van der Waals surface area contributed by atoms with E-state index < -0.39 is 5.54 Å². The highest BCUT2D eigenvalue weighted by atomic mass is 79.9. The van der Waals surface area contributed by atoms with E-state index in [-0.39, 0.29) is 0 Å². The fourth-order valence-corrected chi connectivity index (χ4v) is 2.17. The summed E-state index contributed by atoms with van der Waals surface area (Å²) in [6, 6.07) is 5.49. The molecule has 0 aliphatic rings. The summed E-state index contributed by atoms with van der Waals surface area (Å²) in [5.41, 5.74) is 6.48. The molecule has 4 nitrogen and oxygen atoms in total. The van der Waals surface area contributed by atoms with Gasteiger partial charge in [-0.2, -0.15) is 4.98 Å². The van der Waals surface area contributed by atoms with Crippen LogP contribution in [0.25, 0.3) is 11.5 Å². The van der Waals surface area contributed by atoms with Crippen LogP contribution in [0.4, 0.5) is 0 Å². The van der Waals surface area contributed by atoms with E-state index in [4.69, 9.17) is 21.9 Å². The van der Waals surface area contributed by atoms with Crippen molar-refractivity contribution in [3.05, 3.63) is 33.5 Å². The molecule has 0 fully saturated rings. The van der Waals surface area contributed by atoms with Crippen molar-refractivity contribution < 1.29 is 4.52 Å². The number of hydrogen-bond acceptors (Lipinski definition) is 4. The number of rotatable bonds is 4. The summed E-state index contributed by atoms with van der Waals surface area (Å²) in [5, 5.41) is 4.59. The fraction of sp³-hybridized carbons (Fsp3) is 0.385. The molecule has 0 radical (unpaired) electrons. The Morgan fingerprint density at radius 3 is 2.63 bits per heavy atom. The van der Waals surface area contributed by atoms with E-state index in [1.54, 1.807) is 6.07 Å². The summed E-state index contributed by atoms with van der Waals surface area (Å²) < 4.78 is 6.11. The minimum absolute atomic E-state index is 0.432. The second-order valence-corrected chi connectivity index (χ2v) is 5.68. The van der Waals surface area contributed by atoms with Gasteiger partial charge in [0.1, 0.15) is 0 Å². The number of aromatic nitrogens is 2. The topological polar surface area (TPSA) is 64.9 Å². The lowest BCUT2D eigenvalue weighted by molar-refractivity contribution is 0.350. The highest BCUT2D eigenvalue weighted by molar-refractivity contribution is 9.10. The Hall–Kier alpha value is -0.910. The highest BCUT2D eigenvalue weighted by Crippen LogP contribution is 2.30. The Kier molecular flexibility index (Phi) is 4.28. The maximum atomic E-state index is 6.24. The molecule has 6 heteroatoms. The van der Waals surface area contributed by atoms with Gasteiger partial charge in [0.2, 0.25) is 0 Å². The molecule has 0 saturated heterocycles. The van der Waals surface area contributed by atoms with E-state index in [0.717, 1.165) is 22.9 Å². The summed E-state index contributed by atoms with van der Waals surface area (Å²) >= 11 is 9.40. The van der Waals surface area contributed by atoms with E-state index >= 15 is 0 Å². The van der Waals surface area contributed by atoms with Gasteiger partial charge in [-0.05, 0) is 47.0 Å². The minimum Gasteiger partial charge on any atom is -0.334 e. The van der Waals surface area contributed by atoms with Crippen molar-refractivity contribution in [2.75, 3.05) is 0 Å². The molecule has 2 N–H and O–H groups in total. The van der Waals surface area contributed by atoms with E-state index in [1.807, 2.05) is 26.0 Å². The van der Waals surface area contributed by atoms with Crippen LogP contribution in [0.15, 0.2) is 27.2 Å². The van der Waals surface area contributed by atoms with Gasteiger partial charge in [0.15, 0.2) is 5.82 Å². The van der Waals surface area contributed by atoms with Gasteiger partial charge in [-0.15, -0.1) is 0 Å².